The molecule has 0 bridgehead atoms. The van der Waals surface area contributed by atoms with E-state index < -0.39 is 9.84 Å². The molecule has 30 heavy (non-hydrogen) atoms. The van der Waals surface area contributed by atoms with Gasteiger partial charge in [-0.15, -0.1) is 0 Å². The van der Waals surface area contributed by atoms with Crippen molar-refractivity contribution in [2.45, 2.75) is 24.6 Å². The minimum atomic E-state index is -3.16. The molecule has 4 rings (SSSR count). The largest absolute Gasteiger partial charge is 0.495 e. The molecule has 2 aromatic carbocycles. The number of amidine groups is 1. The standard InChI is InChI=1S/C21H21ClN2O4S2/c1-13-3-5-14(6-4-13)9-20(25)23-21-24(16-10-15(22)7-8-18(16)28-2)17-11-30(26,27)12-19(17)29-21/h3-8,10,17,19H,9,11-12H2,1-2H3/t17-,19+/m1/s1. The lowest BCUT2D eigenvalue weighted by molar-refractivity contribution is -0.117. The van der Waals surface area contributed by atoms with Crippen molar-refractivity contribution in [2.75, 3.05) is 23.5 Å². The number of carbonyl (C=O) groups excluding carboxylic acids is 1. The van der Waals surface area contributed by atoms with Gasteiger partial charge in [0.1, 0.15) is 5.75 Å². The monoisotopic (exact) mass is 464 g/mol. The SMILES string of the molecule is COc1ccc(Cl)cc1N1C(=NC(=O)Cc2ccc(C)cc2)S[C@H]2CS(=O)(=O)C[C@H]21. The molecule has 158 valence electrons. The van der Waals surface area contributed by atoms with E-state index >= 15 is 0 Å². The van der Waals surface area contributed by atoms with Gasteiger partial charge in [0.15, 0.2) is 15.0 Å². The van der Waals surface area contributed by atoms with Gasteiger partial charge >= 0.3 is 0 Å². The van der Waals surface area contributed by atoms with Gasteiger partial charge in [0.25, 0.3) is 5.91 Å². The summed E-state index contributed by atoms with van der Waals surface area (Å²) in [6.07, 6.45) is 0.179. The molecule has 0 spiro atoms. The number of hydrogen-bond donors (Lipinski definition) is 0. The average Bonchev–Trinajstić information content (AvgIpc) is 3.14. The number of methoxy groups -OCH3 is 1. The molecular formula is C21H21ClN2O4S2. The maximum Gasteiger partial charge on any atom is 0.252 e. The predicted molar refractivity (Wildman–Crippen MR) is 122 cm³/mol. The number of hydrogen-bond acceptors (Lipinski definition) is 5. The van der Waals surface area contributed by atoms with Gasteiger partial charge in [-0.1, -0.05) is 53.2 Å². The number of halogens is 1. The number of ether oxygens (including phenoxy) is 1. The number of sulfone groups is 1. The van der Waals surface area contributed by atoms with Crippen LogP contribution in [0.2, 0.25) is 5.02 Å². The number of aryl methyl sites for hydroxylation is 1. The van der Waals surface area contributed by atoms with Crippen LogP contribution < -0.4 is 9.64 Å². The van der Waals surface area contributed by atoms with E-state index in [-0.39, 0.29) is 35.1 Å². The van der Waals surface area contributed by atoms with E-state index in [0.29, 0.717) is 21.6 Å². The Bertz CT molecular complexity index is 1120. The van der Waals surface area contributed by atoms with Gasteiger partial charge in [0, 0.05) is 10.3 Å². The predicted octanol–water partition coefficient (Wildman–Crippen LogP) is 3.50. The molecule has 2 fully saturated rings. The summed E-state index contributed by atoms with van der Waals surface area (Å²) in [7, 11) is -1.62. The number of aliphatic imine (C=N–C) groups is 1. The second kappa shape index (κ2) is 8.24. The number of benzene rings is 2. The fourth-order valence-electron chi connectivity index (χ4n) is 3.72. The summed E-state index contributed by atoms with van der Waals surface area (Å²) in [5.41, 5.74) is 2.62. The van der Waals surface area contributed by atoms with Crippen LogP contribution in [-0.4, -0.2) is 49.4 Å². The topological polar surface area (TPSA) is 76.0 Å². The van der Waals surface area contributed by atoms with Gasteiger partial charge < -0.3 is 9.64 Å². The van der Waals surface area contributed by atoms with Gasteiger partial charge in [0.05, 0.1) is 36.8 Å². The molecule has 2 aliphatic rings. The lowest BCUT2D eigenvalue weighted by Crippen LogP contribution is -2.38. The normalized spacial score (nSPS) is 23.6. The number of amides is 1. The highest BCUT2D eigenvalue weighted by molar-refractivity contribution is 8.16. The van der Waals surface area contributed by atoms with E-state index in [1.165, 1.54) is 18.9 Å². The van der Waals surface area contributed by atoms with Crippen LogP contribution in [0, 0.1) is 6.92 Å². The fourth-order valence-corrected chi connectivity index (χ4v) is 7.81. The Labute approximate surface area is 185 Å². The maximum absolute atomic E-state index is 12.7. The van der Waals surface area contributed by atoms with Crippen molar-refractivity contribution in [3.63, 3.8) is 0 Å². The molecule has 1 amide bonds. The molecule has 2 aromatic rings. The van der Waals surface area contributed by atoms with Crippen LogP contribution >= 0.6 is 23.4 Å². The zero-order valence-electron chi connectivity index (χ0n) is 16.5. The van der Waals surface area contributed by atoms with E-state index in [9.17, 15) is 13.2 Å². The summed E-state index contributed by atoms with van der Waals surface area (Å²) in [4.78, 5) is 18.9. The van der Waals surface area contributed by atoms with Gasteiger partial charge in [-0.05, 0) is 30.7 Å². The molecule has 0 aromatic heterocycles. The molecule has 0 unspecified atom stereocenters. The van der Waals surface area contributed by atoms with Crippen LogP contribution in [0.4, 0.5) is 5.69 Å². The van der Waals surface area contributed by atoms with E-state index in [0.717, 1.165) is 11.1 Å². The molecule has 2 saturated heterocycles. The van der Waals surface area contributed by atoms with Crippen molar-refractivity contribution >= 4 is 50.0 Å². The molecule has 2 atom stereocenters. The van der Waals surface area contributed by atoms with Gasteiger partial charge in [-0.2, -0.15) is 4.99 Å². The molecule has 2 heterocycles. The molecule has 0 N–H and O–H groups in total. The molecule has 9 heteroatoms. The van der Waals surface area contributed by atoms with Crippen LogP contribution in [0.25, 0.3) is 0 Å². The number of rotatable bonds is 4. The first-order chi connectivity index (χ1) is 14.3. The maximum atomic E-state index is 12.7. The first-order valence-corrected chi connectivity index (χ1v) is 12.5. The Morgan fingerprint density at radius 2 is 1.97 bits per heavy atom. The molecular weight excluding hydrogens is 444 g/mol. The van der Waals surface area contributed by atoms with Crippen molar-refractivity contribution in [1.29, 1.82) is 0 Å². The van der Waals surface area contributed by atoms with Gasteiger partial charge in [-0.25, -0.2) is 8.42 Å². The third-order valence-electron chi connectivity index (χ3n) is 5.16. The van der Waals surface area contributed by atoms with Crippen molar-refractivity contribution < 1.29 is 17.9 Å². The summed E-state index contributed by atoms with van der Waals surface area (Å²) in [6.45, 7) is 1.99. The molecule has 0 saturated carbocycles. The summed E-state index contributed by atoms with van der Waals surface area (Å²) < 4.78 is 29.9. The Hall–Kier alpha value is -2.03. The molecule has 6 nitrogen and oxygen atoms in total. The quantitative estimate of drug-likeness (QED) is 0.689. The summed E-state index contributed by atoms with van der Waals surface area (Å²) >= 11 is 7.54. The highest BCUT2D eigenvalue weighted by atomic mass is 35.5. The number of anilines is 1. The number of fused-ring (bicyclic) bond motifs is 1. The van der Waals surface area contributed by atoms with Gasteiger partial charge in [0.2, 0.25) is 0 Å². The number of carbonyl (C=O) groups is 1. The Morgan fingerprint density at radius 3 is 2.67 bits per heavy atom. The van der Waals surface area contributed by atoms with E-state index in [1.807, 2.05) is 31.2 Å². The summed E-state index contributed by atoms with van der Waals surface area (Å²) in [5, 5.41) is 0.785. The van der Waals surface area contributed by atoms with Crippen LogP contribution in [0.1, 0.15) is 11.1 Å². The summed E-state index contributed by atoms with van der Waals surface area (Å²) in [6, 6.07) is 12.6. The second-order valence-corrected chi connectivity index (χ2v) is 11.2. The fraction of sp³-hybridized carbons (Fsp3) is 0.333. The van der Waals surface area contributed by atoms with Crippen molar-refractivity contribution in [3.8, 4) is 5.75 Å². The first kappa shape index (κ1) is 21.2. The van der Waals surface area contributed by atoms with Crippen LogP contribution in [0.5, 0.6) is 5.75 Å². The molecule has 0 aliphatic carbocycles. The van der Waals surface area contributed by atoms with E-state index in [1.54, 1.807) is 23.1 Å². The third kappa shape index (κ3) is 4.36. The summed E-state index contributed by atoms with van der Waals surface area (Å²) in [5.74, 6) is 0.331. The number of nitrogens with zero attached hydrogens (tertiary/aromatic N) is 2. The van der Waals surface area contributed by atoms with Crippen molar-refractivity contribution in [1.82, 2.24) is 0 Å². The second-order valence-electron chi connectivity index (χ2n) is 7.44. The lowest BCUT2D eigenvalue weighted by atomic mass is 10.1. The van der Waals surface area contributed by atoms with E-state index in [2.05, 4.69) is 4.99 Å². The van der Waals surface area contributed by atoms with Crippen LogP contribution in [0.15, 0.2) is 47.5 Å². The Morgan fingerprint density at radius 1 is 1.23 bits per heavy atom. The zero-order valence-corrected chi connectivity index (χ0v) is 18.9. The van der Waals surface area contributed by atoms with Crippen LogP contribution in [-0.2, 0) is 21.1 Å². The minimum absolute atomic E-state index is 0.00546. The van der Waals surface area contributed by atoms with Gasteiger partial charge in [-0.3, -0.25) is 4.79 Å². The van der Waals surface area contributed by atoms with Crippen molar-refractivity contribution in [3.05, 3.63) is 58.6 Å². The smallest absolute Gasteiger partial charge is 0.252 e. The highest BCUT2D eigenvalue weighted by Crippen LogP contribution is 2.44. The first-order valence-electron chi connectivity index (χ1n) is 9.42. The Balaban J connectivity index is 1.69. The van der Waals surface area contributed by atoms with E-state index in [4.69, 9.17) is 16.3 Å². The number of thioether (sulfide) groups is 1. The zero-order chi connectivity index (χ0) is 21.5. The molecule has 2 aliphatic heterocycles. The average molecular weight is 465 g/mol. The Kier molecular flexibility index (Phi) is 5.83. The molecule has 0 radical (unpaired) electrons. The minimum Gasteiger partial charge on any atom is -0.495 e. The third-order valence-corrected chi connectivity index (χ3v) is 8.61. The van der Waals surface area contributed by atoms with Crippen LogP contribution in [0.3, 0.4) is 0 Å². The highest BCUT2D eigenvalue weighted by Gasteiger charge is 2.50. The lowest BCUT2D eigenvalue weighted by Gasteiger charge is -2.26. The van der Waals surface area contributed by atoms with Crippen molar-refractivity contribution in [2.24, 2.45) is 4.99 Å².